The number of aromatic nitrogens is 2. The summed E-state index contributed by atoms with van der Waals surface area (Å²) in [7, 11) is 0. The second-order valence-electron chi connectivity index (χ2n) is 7.76. The third-order valence-corrected chi connectivity index (χ3v) is 4.74. The number of carbonyl (C=O) groups is 2. The van der Waals surface area contributed by atoms with E-state index in [0.29, 0.717) is 5.56 Å². The number of aryl methyl sites for hydroxylation is 1. The van der Waals surface area contributed by atoms with Gasteiger partial charge >= 0.3 is 12.1 Å². The molecule has 1 heterocycles. The van der Waals surface area contributed by atoms with Gasteiger partial charge in [0, 0.05) is 11.1 Å². The molecule has 1 aromatic heterocycles. The van der Waals surface area contributed by atoms with Crippen LogP contribution in [0.15, 0.2) is 53.1 Å². The van der Waals surface area contributed by atoms with Crippen molar-refractivity contribution in [2.24, 2.45) is 5.92 Å². The maximum absolute atomic E-state index is 12.9. The van der Waals surface area contributed by atoms with Crippen LogP contribution >= 0.6 is 0 Å². The van der Waals surface area contributed by atoms with Crippen molar-refractivity contribution < 1.29 is 32.0 Å². The molecule has 0 unspecified atom stereocenters. The van der Waals surface area contributed by atoms with Gasteiger partial charge < -0.3 is 14.6 Å². The molecule has 0 spiro atoms. The number of rotatable bonds is 7. The molecule has 2 aromatic carbocycles. The normalized spacial score (nSPS) is 12.5. The Kier molecular flexibility index (Phi) is 7.15. The summed E-state index contributed by atoms with van der Waals surface area (Å²) in [6.45, 7) is 4.96. The molecule has 0 aliphatic heterocycles. The molecule has 3 rings (SSSR count). The average molecular weight is 461 g/mol. The minimum atomic E-state index is -4.51. The summed E-state index contributed by atoms with van der Waals surface area (Å²) in [6.07, 6.45) is -4.51. The first kappa shape index (κ1) is 24.0. The largest absolute Gasteiger partial charge is 0.454 e. The molecular weight excluding hydrogens is 439 g/mol. The minimum absolute atomic E-state index is 0.0692. The van der Waals surface area contributed by atoms with Crippen molar-refractivity contribution in [3.63, 3.8) is 0 Å². The Balaban J connectivity index is 1.65. The molecule has 33 heavy (non-hydrogen) atoms. The van der Waals surface area contributed by atoms with Crippen molar-refractivity contribution in [3.8, 4) is 11.4 Å². The number of benzene rings is 2. The topological polar surface area (TPSA) is 94.3 Å². The van der Waals surface area contributed by atoms with E-state index in [4.69, 9.17) is 9.26 Å². The number of alkyl halides is 3. The third kappa shape index (κ3) is 6.18. The Bertz CT molecular complexity index is 1140. The number of halogens is 3. The molecule has 10 heteroatoms. The molecular formula is C23H22F3N3O4. The van der Waals surface area contributed by atoms with E-state index < -0.39 is 36.3 Å². The predicted octanol–water partition coefficient (Wildman–Crippen LogP) is 4.56. The maximum atomic E-state index is 12.9. The maximum Gasteiger partial charge on any atom is 0.416 e. The highest BCUT2D eigenvalue weighted by Gasteiger charge is 2.31. The fraction of sp³-hybridized carbons (Fsp3) is 0.304. The molecule has 1 amide bonds. The van der Waals surface area contributed by atoms with E-state index >= 15 is 0 Å². The Morgan fingerprint density at radius 3 is 2.52 bits per heavy atom. The zero-order valence-electron chi connectivity index (χ0n) is 18.1. The lowest BCUT2D eigenvalue weighted by molar-refractivity contribution is -0.149. The molecule has 0 aliphatic carbocycles. The van der Waals surface area contributed by atoms with Gasteiger partial charge in [0.15, 0.2) is 6.61 Å². The number of nitrogens with zero attached hydrogens (tertiary/aromatic N) is 2. The van der Waals surface area contributed by atoms with Crippen LogP contribution in [0.25, 0.3) is 11.4 Å². The third-order valence-electron chi connectivity index (χ3n) is 4.74. The summed E-state index contributed by atoms with van der Waals surface area (Å²) in [5, 5.41) is 6.31. The zero-order chi connectivity index (χ0) is 24.2. The van der Waals surface area contributed by atoms with Gasteiger partial charge in [-0.2, -0.15) is 18.2 Å². The van der Waals surface area contributed by atoms with Crippen molar-refractivity contribution in [3.05, 3.63) is 71.1 Å². The van der Waals surface area contributed by atoms with E-state index in [1.807, 2.05) is 13.0 Å². The summed E-state index contributed by atoms with van der Waals surface area (Å²) >= 11 is 0. The summed E-state index contributed by atoms with van der Waals surface area (Å²) in [4.78, 5) is 29.1. The quantitative estimate of drug-likeness (QED) is 0.519. The summed E-state index contributed by atoms with van der Waals surface area (Å²) in [6, 6.07) is 10.5. The van der Waals surface area contributed by atoms with Gasteiger partial charge in [0.05, 0.1) is 5.56 Å². The lowest BCUT2D eigenvalue weighted by Crippen LogP contribution is -2.45. The molecule has 0 fully saturated rings. The minimum Gasteiger partial charge on any atom is -0.454 e. The Labute approximate surface area is 187 Å². The van der Waals surface area contributed by atoms with E-state index in [1.165, 1.54) is 12.1 Å². The second-order valence-corrected chi connectivity index (χ2v) is 7.76. The fourth-order valence-corrected chi connectivity index (χ4v) is 3.00. The standard InChI is InChI=1S/C23H22F3N3O4/c1-13(2)19(28-21(30)16-8-4-6-14(3)10-16)22(31)32-12-18-27-20(29-33-18)15-7-5-9-17(11-15)23(24,25)26/h4-11,13,19H,12H2,1-3H3,(H,28,30)/t19-/m0/s1. The molecule has 1 atom stereocenters. The van der Waals surface area contributed by atoms with Crippen LogP contribution in [0.2, 0.25) is 0 Å². The monoisotopic (exact) mass is 461 g/mol. The van der Waals surface area contributed by atoms with Gasteiger partial charge in [-0.1, -0.05) is 48.8 Å². The zero-order valence-corrected chi connectivity index (χ0v) is 18.1. The predicted molar refractivity (Wildman–Crippen MR) is 112 cm³/mol. The lowest BCUT2D eigenvalue weighted by atomic mass is 10.0. The van der Waals surface area contributed by atoms with Gasteiger partial charge in [-0.15, -0.1) is 0 Å². The Morgan fingerprint density at radius 2 is 1.85 bits per heavy atom. The molecule has 1 N–H and O–H groups in total. The first-order valence-corrected chi connectivity index (χ1v) is 10.1. The van der Waals surface area contributed by atoms with E-state index in [1.54, 1.807) is 32.0 Å². The van der Waals surface area contributed by atoms with Crippen LogP contribution in [0.3, 0.4) is 0 Å². The van der Waals surface area contributed by atoms with Gasteiger partial charge in [-0.3, -0.25) is 4.79 Å². The first-order valence-electron chi connectivity index (χ1n) is 10.1. The van der Waals surface area contributed by atoms with E-state index in [2.05, 4.69) is 15.5 Å². The number of hydrogen-bond donors (Lipinski definition) is 1. The molecule has 0 aliphatic rings. The fourth-order valence-electron chi connectivity index (χ4n) is 3.00. The Hall–Kier alpha value is -3.69. The van der Waals surface area contributed by atoms with Crippen molar-refractivity contribution in [2.75, 3.05) is 0 Å². The molecule has 3 aromatic rings. The number of hydrogen-bond acceptors (Lipinski definition) is 6. The average Bonchev–Trinajstić information content (AvgIpc) is 3.24. The smallest absolute Gasteiger partial charge is 0.416 e. The highest BCUT2D eigenvalue weighted by Crippen LogP contribution is 2.31. The summed E-state index contributed by atoms with van der Waals surface area (Å²) < 4.78 is 48.9. The van der Waals surface area contributed by atoms with E-state index in [0.717, 1.165) is 17.7 Å². The van der Waals surface area contributed by atoms with Crippen LogP contribution in [0.5, 0.6) is 0 Å². The highest BCUT2D eigenvalue weighted by atomic mass is 19.4. The van der Waals surface area contributed by atoms with E-state index in [9.17, 15) is 22.8 Å². The van der Waals surface area contributed by atoms with Gasteiger partial charge in [0.25, 0.3) is 11.8 Å². The van der Waals surface area contributed by atoms with Crippen LogP contribution in [-0.2, 0) is 22.3 Å². The van der Waals surface area contributed by atoms with Crippen molar-refractivity contribution in [1.82, 2.24) is 15.5 Å². The van der Waals surface area contributed by atoms with Crippen LogP contribution < -0.4 is 5.32 Å². The Morgan fingerprint density at radius 1 is 1.12 bits per heavy atom. The van der Waals surface area contributed by atoms with Crippen LogP contribution in [0.1, 0.15) is 41.2 Å². The molecule has 0 radical (unpaired) electrons. The number of esters is 1. The van der Waals surface area contributed by atoms with Crippen molar-refractivity contribution >= 4 is 11.9 Å². The lowest BCUT2D eigenvalue weighted by Gasteiger charge is -2.20. The van der Waals surface area contributed by atoms with Gasteiger partial charge in [0.2, 0.25) is 5.82 Å². The number of nitrogens with one attached hydrogen (secondary N) is 1. The van der Waals surface area contributed by atoms with Gasteiger partial charge in [0.1, 0.15) is 6.04 Å². The molecule has 0 saturated heterocycles. The van der Waals surface area contributed by atoms with Crippen LogP contribution in [0, 0.1) is 12.8 Å². The second kappa shape index (κ2) is 9.85. The van der Waals surface area contributed by atoms with Crippen molar-refractivity contribution in [2.45, 2.75) is 39.6 Å². The molecule has 174 valence electrons. The number of ether oxygens (including phenoxy) is 1. The number of carbonyl (C=O) groups excluding carboxylic acids is 2. The molecule has 0 bridgehead atoms. The van der Waals surface area contributed by atoms with Gasteiger partial charge in [-0.05, 0) is 37.1 Å². The van der Waals surface area contributed by atoms with Crippen LogP contribution in [0.4, 0.5) is 13.2 Å². The van der Waals surface area contributed by atoms with E-state index in [-0.39, 0.29) is 23.2 Å². The molecule has 0 saturated carbocycles. The first-order chi connectivity index (χ1) is 15.5. The summed E-state index contributed by atoms with van der Waals surface area (Å²) in [5.41, 5.74) is 0.578. The molecule has 7 nitrogen and oxygen atoms in total. The highest BCUT2D eigenvalue weighted by molar-refractivity contribution is 5.97. The summed E-state index contributed by atoms with van der Waals surface area (Å²) in [5.74, 6) is -1.55. The van der Waals surface area contributed by atoms with Gasteiger partial charge in [-0.25, -0.2) is 4.79 Å². The SMILES string of the molecule is Cc1cccc(C(=O)N[C@H](C(=O)OCc2nc(-c3cccc(C(F)(F)F)c3)no2)C(C)C)c1. The van der Waals surface area contributed by atoms with Crippen LogP contribution in [-0.4, -0.2) is 28.1 Å². The number of amides is 1. The van der Waals surface area contributed by atoms with Crippen molar-refractivity contribution in [1.29, 1.82) is 0 Å².